The highest BCUT2D eigenvalue weighted by Gasteiger charge is 2.08. The molecule has 0 saturated heterocycles. The van der Waals surface area contributed by atoms with Gasteiger partial charge in [-0.05, 0) is 31.7 Å². The molecular weight excluding hydrogens is 232 g/mol. The van der Waals surface area contributed by atoms with Crippen molar-refractivity contribution in [3.63, 3.8) is 0 Å². The van der Waals surface area contributed by atoms with Gasteiger partial charge in [-0.25, -0.2) is 4.79 Å². The van der Waals surface area contributed by atoms with Crippen molar-refractivity contribution in [3.05, 3.63) is 29.8 Å². The summed E-state index contributed by atoms with van der Waals surface area (Å²) in [6, 6.07) is 6.44. The van der Waals surface area contributed by atoms with Crippen molar-refractivity contribution in [1.82, 2.24) is 10.6 Å². The zero-order valence-electron chi connectivity index (χ0n) is 10.5. The van der Waals surface area contributed by atoms with Crippen LogP contribution in [0.1, 0.15) is 18.5 Å². The van der Waals surface area contributed by atoms with Crippen LogP contribution in [0.2, 0.25) is 0 Å². The average Bonchev–Trinajstić information content (AvgIpc) is 2.29. The van der Waals surface area contributed by atoms with Crippen molar-refractivity contribution >= 4 is 17.6 Å². The molecule has 3 amide bonds. The van der Waals surface area contributed by atoms with Gasteiger partial charge in [-0.3, -0.25) is 4.79 Å². The lowest BCUT2D eigenvalue weighted by Crippen LogP contribution is -2.33. The van der Waals surface area contributed by atoms with Gasteiger partial charge in [0, 0.05) is 5.69 Å². The summed E-state index contributed by atoms with van der Waals surface area (Å²) in [5.41, 5.74) is 6.59. The van der Waals surface area contributed by atoms with Crippen molar-refractivity contribution < 1.29 is 9.59 Å². The molecule has 0 aliphatic carbocycles. The molecule has 1 atom stereocenters. The van der Waals surface area contributed by atoms with Gasteiger partial charge in [-0.2, -0.15) is 0 Å². The average molecular weight is 250 g/mol. The Hall–Kier alpha value is -2.08. The van der Waals surface area contributed by atoms with Gasteiger partial charge in [0.15, 0.2) is 0 Å². The van der Waals surface area contributed by atoms with E-state index in [1.807, 2.05) is 19.1 Å². The number of anilines is 1. The normalized spacial score (nSPS) is 11.7. The zero-order chi connectivity index (χ0) is 13.5. The number of urea groups is 1. The Morgan fingerprint density at radius 1 is 1.28 bits per heavy atom. The molecule has 0 radical (unpaired) electrons. The second-order valence-electron chi connectivity index (χ2n) is 3.93. The summed E-state index contributed by atoms with van der Waals surface area (Å²) in [5.74, 6) is -0.0654. The monoisotopic (exact) mass is 250 g/mol. The van der Waals surface area contributed by atoms with Crippen LogP contribution in [0.5, 0.6) is 0 Å². The number of likely N-dealkylation sites (N-methyl/N-ethyl adjacent to an activating group) is 1. The first-order valence-corrected chi connectivity index (χ1v) is 5.63. The summed E-state index contributed by atoms with van der Waals surface area (Å²) in [6.07, 6.45) is 0. The van der Waals surface area contributed by atoms with E-state index in [0.29, 0.717) is 5.69 Å². The van der Waals surface area contributed by atoms with Crippen LogP contribution in [-0.4, -0.2) is 25.5 Å². The summed E-state index contributed by atoms with van der Waals surface area (Å²) in [7, 11) is 1.72. The lowest BCUT2D eigenvalue weighted by atomic mass is 10.1. The molecular formula is C12H18N4O2. The van der Waals surface area contributed by atoms with Gasteiger partial charge in [0.25, 0.3) is 0 Å². The van der Waals surface area contributed by atoms with Gasteiger partial charge >= 0.3 is 6.03 Å². The Morgan fingerprint density at radius 3 is 2.39 bits per heavy atom. The molecule has 0 spiro atoms. The number of carbonyl (C=O) groups is 2. The number of benzene rings is 1. The van der Waals surface area contributed by atoms with Gasteiger partial charge in [0.05, 0.1) is 12.6 Å². The molecule has 1 aromatic rings. The highest BCUT2D eigenvalue weighted by Crippen LogP contribution is 2.15. The third-order valence-electron chi connectivity index (χ3n) is 2.39. The first-order valence-electron chi connectivity index (χ1n) is 5.63. The van der Waals surface area contributed by atoms with Crippen LogP contribution in [-0.2, 0) is 4.79 Å². The summed E-state index contributed by atoms with van der Waals surface area (Å²) in [6.45, 7) is 2.18. The van der Waals surface area contributed by atoms with E-state index in [-0.39, 0.29) is 18.5 Å². The zero-order valence-corrected chi connectivity index (χ0v) is 10.5. The molecule has 1 unspecified atom stereocenters. The number of amides is 3. The predicted molar refractivity (Wildman–Crippen MR) is 70.1 cm³/mol. The molecule has 0 aromatic heterocycles. The van der Waals surface area contributed by atoms with Gasteiger partial charge in [-0.1, -0.05) is 12.1 Å². The lowest BCUT2D eigenvalue weighted by molar-refractivity contribution is -0.120. The van der Waals surface area contributed by atoms with Crippen LogP contribution in [0.4, 0.5) is 10.5 Å². The second kappa shape index (κ2) is 6.61. The summed E-state index contributed by atoms with van der Waals surface area (Å²) < 4.78 is 0. The van der Waals surface area contributed by atoms with Crippen molar-refractivity contribution in [2.75, 3.05) is 18.9 Å². The van der Waals surface area contributed by atoms with E-state index in [4.69, 9.17) is 5.73 Å². The topological polar surface area (TPSA) is 96.2 Å². The number of hydrogen-bond acceptors (Lipinski definition) is 3. The van der Waals surface area contributed by atoms with Crippen LogP contribution < -0.4 is 21.7 Å². The Labute approximate surface area is 106 Å². The lowest BCUT2D eigenvalue weighted by Gasteiger charge is -2.14. The first kappa shape index (κ1) is 14.0. The molecule has 98 valence electrons. The number of hydrogen-bond donors (Lipinski definition) is 4. The minimum Gasteiger partial charge on any atom is -0.351 e. The fourth-order valence-electron chi connectivity index (χ4n) is 1.53. The van der Waals surface area contributed by atoms with Gasteiger partial charge in [-0.15, -0.1) is 0 Å². The highest BCUT2D eigenvalue weighted by atomic mass is 16.2. The molecule has 0 aliphatic heterocycles. The molecule has 6 nitrogen and oxygen atoms in total. The number of nitrogens with two attached hydrogens (primary N) is 1. The van der Waals surface area contributed by atoms with E-state index >= 15 is 0 Å². The molecule has 0 saturated carbocycles. The molecule has 1 aromatic carbocycles. The number of nitrogens with one attached hydrogen (secondary N) is 3. The predicted octanol–water partition coefficient (Wildman–Crippen LogP) is 0.574. The standard InChI is InChI=1S/C12H18N4O2/c1-8(15-11(17)7-14-2)9-3-5-10(6-4-9)16-12(13)18/h3-6,8,14H,7H2,1-2H3,(H,15,17)(H3,13,16,18). The number of primary amides is 1. The maximum Gasteiger partial charge on any atom is 0.316 e. The molecule has 0 bridgehead atoms. The van der Waals surface area contributed by atoms with Gasteiger partial charge < -0.3 is 21.7 Å². The molecule has 0 aliphatic rings. The first-order chi connectivity index (χ1) is 8.52. The SMILES string of the molecule is CNCC(=O)NC(C)c1ccc(NC(N)=O)cc1. The smallest absolute Gasteiger partial charge is 0.316 e. The third kappa shape index (κ3) is 4.42. The summed E-state index contributed by atoms with van der Waals surface area (Å²) >= 11 is 0. The van der Waals surface area contributed by atoms with Gasteiger partial charge in [0.1, 0.15) is 0 Å². The Kier molecular flexibility index (Phi) is 5.13. The van der Waals surface area contributed by atoms with Crippen LogP contribution in [0.25, 0.3) is 0 Å². The summed E-state index contributed by atoms with van der Waals surface area (Å²) in [4.78, 5) is 22.0. The van der Waals surface area contributed by atoms with Crippen LogP contribution in [0.15, 0.2) is 24.3 Å². The van der Waals surface area contributed by atoms with E-state index in [0.717, 1.165) is 5.56 Å². The van der Waals surface area contributed by atoms with E-state index in [9.17, 15) is 9.59 Å². The maximum atomic E-state index is 11.4. The number of rotatable bonds is 5. The Morgan fingerprint density at radius 2 is 1.89 bits per heavy atom. The molecule has 0 heterocycles. The van der Waals surface area contributed by atoms with E-state index in [1.54, 1.807) is 19.2 Å². The number of carbonyl (C=O) groups excluding carboxylic acids is 2. The van der Waals surface area contributed by atoms with Crippen molar-refractivity contribution in [2.45, 2.75) is 13.0 Å². The van der Waals surface area contributed by atoms with Crippen molar-refractivity contribution in [3.8, 4) is 0 Å². The molecule has 18 heavy (non-hydrogen) atoms. The largest absolute Gasteiger partial charge is 0.351 e. The van der Waals surface area contributed by atoms with E-state index in [1.165, 1.54) is 0 Å². The minimum absolute atomic E-state index is 0.0654. The summed E-state index contributed by atoms with van der Waals surface area (Å²) in [5, 5.41) is 8.10. The third-order valence-corrected chi connectivity index (χ3v) is 2.39. The van der Waals surface area contributed by atoms with Gasteiger partial charge in [0.2, 0.25) is 5.91 Å². The maximum absolute atomic E-state index is 11.4. The second-order valence-corrected chi connectivity index (χ2v) is 3.93. The van der Waals surface area contributed by atoms with E-state index in [2.05, 4.69) is 16.0 Å². The highest BCUT2D eigenvalue weighted by molar-refractivity contribution is 5.87. The van der Waals surface area contributed by atoms with Crippen LogP contribution in [0.3, 0.4) is 0 Å². The van der Waals surface area contributed by atoms with Crippen molar-refractivity contribution in [2.24, 2.45) is 5.73 Å². The molecule has 0 fully saturated rings. The Balaban J connectivity index is 2.61. The Bertz CT molecular complexity index is 417. The van der Waals surface area contributed by atoms with Crippen LogP contribution >= 0.6 is 0 Å². The minimum atomic E-state index is -0.599. The fourth-order valence-corrected chi connectivity index (χ4v) is 1.53. The van der Waals surface area contributed by atoms with Crippen LogP contribution in [0, 0.1) is 0 Å². The fraction of sp³-hybridized carbons (Fsp3) is 0.333. The molecule has 5 N–H and O–H groups in total. The quantitative estimate of drug-likeness (QED) is 0.615. The van der Waals surface area contributed by atoms with Crippen molar-refractivity contribution in [1.29, 1.82) is 0 Å². The molecule has 6 heteroatoms. The molecule has 1 rings (SSSR count). The van der Waals surface area contributed by atoms with E-state index < -0.39 is 6.03 Å².